The molecule has 0 saturated heterocycles. The van der Waals surface area contributed by atoms with Crippen LogP contribution in [0.4, 0.5) is 0 Å². The van der Waals surface area contributed by atoms with Crippen molar-refractivity contribution in [2.45, 2.75) is 64.0 Å². The Hall–Kier alpha value is -1.63. The maximum Gasteiger partial charge on any atom is 0.240 e. The summed E-state index contributed by atoms with van der Waals surface area (Å²) in [5.74, 6) is -0.105. The molecule has 22 heavy (non-hydrogen) atoms. The molecule has 0 aromatic carbocycles. The van der Waals surface area contributed by atoms with Crippen LogP contribution in [0.1, 0.15) is 52.4 Å². The Morgan fingerprint density at radius 1 is 1.32 bits per heavy atom. The zero-order valence-electron chi connectivity index (χ0n) is 13.3. The number of hydrazine groups is 1. The van der Waals surface area contributed by atoms with Gasteiger partial charge < -0.3 is 9.88 Å². The van der Waals surface area contributed by atoms with Crippen LogP contribution in [0.5, 0.6) is 0 Å². The topological polar surface area (TPSA) is 71.0 Å². The molecule has 1 aromatic heterocycles. The van der Waals surface area contributed by atoms with Gasteiger partial charge in [-0.15, -0.1) is 0 Å². The summed E-state index contributed by atoms with van der Waals surface area (Å²) in [5, 5.41) is 3.74. The summed E-state index contributed by atoms with van der Waals surface area (Å²) in [6.07, 6.45) is 11.7. The molecule has 1 aromatic rings. The van der Waals surface area contributed by atoms with Crippen molar-refractivity contribution < 1.29 is 4.79 Å². The fourth-order valence-corrected chi connectivity index (χ4v) is 2.96. The lowest BCUT2D eigenvalue weighted by atomic mass is 9.96. The minimum absolute atomic E-state index is 0.105. The van der Waals surface area contributed by atoms with E-state index in [1.165, 1.54) is 19.3 Å². The van der Waals surface area contributed by atoms with Crippen LogP contribution in [0.3, 0.4) is 0 Å². The molecular weight excluding hydrogens is 298 g/mol. The molecule has 6 nitrogen and oxygen atoms in total. The molecule has 7 heteroatoms. The lowest BCUT2D eigenvalue weighted by molar-refractivity contribution is -0.123. The molecule has 1 fully saturated rings. The molecule has 0 atom stereocenters. The number of carbonyl (C=O) groups excluding carboxylic acids is 1. The first-order chi connectivity index (χ1) is 10.5. The Balaban J connectivity index is 1.71. The van der Waals surface area contributed by atoms with Crippen molar-refractivity contribution in [3.63, 3.8) is 0 Å². The quantitative estimate of drug-likeness (QED) is 0.582. The first kappa shape index (κ1) is 16.7. The molecule has 1 saturated carbocycles. The van der Waals surface area contributed by atoms with Crippen molar-refractivity contribution in [3.05, 3.63) is 18.7 Å². The summed E-state index contributed by atoms with van der Waals surface area (Å²) in [5.41, 5.74) is 5.12. The summed E-state index contributed by atoms with van der Waals surface area (Å²) < 4.78 is 1.92. The van der Waals surface area contributed by atoms with Crippen LogP contribution < -0.4 is 16.2 Å². The molecule has 1 amide bonds. The van der Waals surface area contributed by atoms with Crippen molar-refractivity contribution in [1.82, 2.24) is 25.7 Å². The fraction of sp³-hybridized carbons (Fsp3) is 0.667. The standard InChI is InChI=1S/C15H25N5OS/c1-15(2,20-9-8-16-11-20)10-13(21)18-19-14(22)17-12-6-4-3-5-7-12/h8-9,11-12H,3-7,10H2,1-2H3,(H,18,21)(H2,17,19,22). The van der Waals surface area contributed by atoms with E-state index in [2.05, 4.69) is 21.2 Å². The largest absolute Gasteiger partial charge is 0.359 e. The summed E-state index contributed by atoms with van der Waals surface area (Å²) in [4.78, 5) is 16.1. The number of hydrogen-bond acceptors (Lipinski definition) is 3. The van der Waals surface area contributed by atoms with Crippen LogP contribution in [0, 0.1) is 0 Å². The van der Waals surface area contributed by atoms with Crippen molar-refractivity contribution in [2.24, 2.45) is 0 Å². The number of amides is 1. The number of imidazole rings is 1. The fourth-order valence-electron chi connectivity index (χ4n) is 2.74. The number of nitrogens with one attached hydrogen (secondary N) is 3. The zero-order chi connectivity index (χ0) is 16.0. The second-order valence-corrected chi connectivity index (χ2v) is 6.85. The van der Waals surface area contributed by atoms with Gasteiger partial charge in [-0.05, 0) is 38.9 Å². The minimum atomic E-state index is -0.333. The summed E-state index contributed by atoms with van der Waals surface area (Å²) in [6, 6.07) is 0.424. The average molecular weight is 323 g/mol. The highest BCUT2D eigenvalue weighted by molar-refractivity contribution is 7.80. The first-order valence-corrected chi connectivity index (χ1v) is 8.22. The Kier molecular flexibility index (Phi) is 5.76. The smallest absolute Gasteiger partial charge is 0.240 e. The maximum atomic E-state index is 12.1. The predicted molar refractivity (Wildman–Crippen MR) is 90.1 cm³/mol. The van der Waals surface area contributed by atoms with E-state index in [0.717, 1.165) is 12.8 Å². The van der Waals surface area contributed by atoms with Crippen molar-refractivity contribution in [3.8, 4) is 0 Å². The van der Waals surface area contributed by atoms with Gasteiger partial charge in [0.05, 0.1) is 12.7 Å². The third-order valence-electron chi connectivity index (χ3n) is 4.05. The second-order valence-electron chi connectivity index (χ2n) is 6.44. The van der Waals surface area contributed by atoms with E-state index in [0.29, 0.717) is 17.6 Å². The first-order valence-electron chi connectivity index (χ1n) is 7.81. The molecule has 122 valence electrons. The predicted octanol–water partition coefficient (Wildman–Crippen LogP) is 1.84. The van der Waals surface area contributed by atoms with E-state index < -0.39 is 0 Å². The van der Waals surface area contributed by atoms with E-state index in [1.807, 2.05) is 24.6 Å². The lowest BCUT2D eigenvalue weighted by Crippen LogP contribution is -2.51. The summed E-state index contributed by atoms with van der Waals surface area (Å²) in [6.45, 7) is 3.99. The average Bonchev–Trinajstić information content (AvgIpc) is 3.01. The van der Waals surface area contributed by atoms with E-state index >= 15 is 0 Å². The Morgan fingerprint density at radius 2 is 2.05 bits per heavy atom. The Morgan fingerprint density at radius 3 is 2.68 bits per heavy atom. The Bertz CT molecular complexity index is 494. The molecule has 0 unspecified atom stereocenters. The highest BCUT2D eigenvalue weighted by Gasteiger charge is 2.23. The molecule has 0 bridgehead atoms. The van der Waals surface area contributed by atoms with Gasteiger partial charge in [-0.3, -0.25) is 15.6 Å². The Labute approximate surface area is 137 Å². The minimum Gasteiger partial charge on any atom is -0.359 e. The SMILES string of the molecule is CC(C)(CC(=O)NNC(=S)NC1CCCCC1)n1ccnc1. The van der Waals surface area contributed by atoms with Crippen LogP contribution in [0.2, 0.25) is 0 Å². The van der Waals surface area contributed by atoms with Crippen LogP contribution >= 0.6 is 12.2 Å². The number of nitrogens with zero attached hydrogens (tertiary/aromatic N) is 2. The molecule has 1 aliphatic carbocycles. The van der Waals surface area contributed by atoms with Gasteiger partial charge in [-0.1, -0.05) is 19.3 Å². The molecular formula is C15H25N5OS. The third kappa shape index (κ3) is 4.98. The van der Waals surface area contributed by atoms with Crippen LogP contribution in [0.25, 0.3) is 0 Å². The molecule has 0 radical (unpaired) electrons. The van der Waals surface area contributed by atoms with Gasteiger partial charge in [0.25, 0.3) is 0 Å². The van der Waals surface area contributed by atoms with Gasteiger partial charge in [0, 0.05) is 24.0 Å². The summed E-state index contributed by atoms with van der Waals surface area (Å²) >= 11 is 5.22. The third-order valence-corrected chi connectivity index (χ3v) is 4.27. The van der Waals surface area contributed by atoms with Gasteiger partial charge >= 0.3 is 0 Å². The van der Waals surface area contributed by atoms with Gasteiger partial charge in [0.1, 0.15) is 0 Å². The number of aromatic nitrogens is 2. The van der Waals surface area contributed by atoms with Crippen LogP contribution in [-0.4, -0.2) is 26.6 Å². The van der Waals surface area contributed by atoms with Crippen molar-refractivity contribution in [2.75, 3.05) is 0 Å². The van der Waals surface area contributed by atoms with Gasteiger partial charge in [0.15, 0.2) is 5.11 Å². The number of hydrogen-bond donors (Lipinski definition) is 3. The zero-order valence-corrected chi connectivity index (χ0v) is 14.1. The lowest BCUT2D eigenvalue weighted by Gasteiger charge is -2.27. The molecule has 0 spiro atoms. The van der Waals surface area contributed by atoms with E-state index in [-0.39, 0.29) is 11.4 Å². The van der Waals surface area contributed by atoms with Crippen LogP contribution in [0.15, 0.2) is 18.7 Å². The van der Waals surface area contributed by atoms with Gasteiger partial charge in [0.2, 0.25) is 5.91 Å². The van der Waals surface area contributed by atoms with Gasteiger partial charge in [-0.25, -0.2) is 4.98 Å². The normalized spacial score (nSPS) is 16.1. The van der Waals surface area contributed by atoms with E-state index in [4.69, 9.17) is 12.2 Å². The van der Waals surface area contributed by atoms with E-state index in [1.54, 1.807) is 12.5 Å². The highest BCUT2D eigenvalue weighted by atomic mass is 32.1. The monoisotopic (exact) mass is 323 g/mol. The molecule has 3 N–H and O–H groups in total. The highest BCUT2D eigenvalue weighted by Crippen LogP contribution is 2.19. The number of carbonyl (C=O) groups is 1. The summed E-state index contributed by atoms with van der Waals surface area (Å²) in [7, 11) is 0. The molecule has 0 aliphatic heterocycles. The molecule has 1 heterocycles. The number of rotatable bonds is 4. The molecule has 2 rings (SSSR count). The van der Waals surface area contributed by atoms with Crippen molar-refractivity contribution >= 4 is 23.2 Å². The maximum absolute atomic E-state index is 12.1. The number of thiocarbonyl (C=S) groups is 1. The van der Waals surface area contributed by atoms with Gasteiger partial charge in [-0.2, -0.15) is 0 Å². The van der Waals surface area contributed by atoms with E-state index in [9.17, 15) is 4.79 Å². The van der Waals surface area contributed by atoms with Crippen molar-refractivity contribution in [1.29, 1.82) is 0 Å². The second kappa shape index (κ2) is 7.58. The van der Waals surface area contributed by atoms with Crippen LogP contribution in [-0.2, 0) is 10.3 Å². The molecule has 1 aliphatic rings.